The van der Waals surface area contributed by atoms with E-state index in [0.717, 1.165) is 31.7 Å². The number of anilines is 1. The van der Waals surface area contributed by atoms with Crippen LogP contribution in [0.4, 0.5) is 5.69 Å². The number of halogens is 1. The van der Waals surface area contributed by atoms with Gasteiger partial charge in [0.2, 0.25) is 0 Å². The number of rotatable bonds is 4. The molecular formula is C13H18ClN3O. The van der Waals surface area contributed by atoms with Crippen LogP contribution in [0.3, 0.4) is 0 Å². The van der Waals surface area contributed by atoms with E-state index < -0.39 is 5.91 Å². The summed E-state index contributed by atoms with van der Waals surface area (Å²) in [5, 5.41) is 3.82. The molecule has 1 amide bonds. The van der Waals surface area contributed by atoms with Gasteiger partial charge >= 0.3 is 0 Å². The Hall–Kier alpha value is -1.26. The lowest BCUT2D eigenvalue weighted by Gasteiger charge is -2.21. The lowest BCUT2D eigenvalue weighted by molar-refractivity contribution is 0.100. The van der Waals surface area contributed by atoms with Crippen molar-refractivity contribution in [1.82, 2.24) is 5.32 Å². The minimum Gasteiger partial charge on any atom is -0.371 e. The summed E-state index contributed by atoms with van der Waals surface area (Å²) in [6, 6.07) is 5.22. The van der Waals surface area contributed by atoms with Crippen LogP contribution in [-0.2, 0) is 0 Å². The first-order chi connectivity index (χ1) is 8.61. The van der Waals surface area contributed by atoms with Crippen molar-refractivity contribution >= 4 is 23.2 Å². The molecule has 1 atom stereocenters. The second-order valence-electron chi connectivity index (χ2n) is 4.68. The first kappa shape index (κ1) is 13.2. The van der Waals surface area contributed by atoms with Gasteiger partial charge in [-0.1, -0.05) is 11.6 Å². The predicted molar refractivity (Wildman–Crippen MR) is 74.2 cm³/mol. The van der Waals surface area contributed by atoms with Gasteiger partial charge in [0, 0.05) is 18.1 Å². The SMILES string of the molecule is CNCC1CCN(c2cc(Cl)ccc2C(N)=O)C1. The Morgan fingerprint density at radius 2 is 2.39 bits per heavy atom. The van der Waals surface area contributed by atoms with Gasteiger partial charge in [-0.2, -0.15) is 0 Å². The molecule has 0 spiro atoms. The molecule has 1 aromatic rings. The molecule has 0 saturated carbocycles. The number of nitrogens with zero attached hydrogens (tertiary/aromatic N) is 1. The first-order valence-electron chi connectivity index (χ1n) is 6.10. The highest BCUT2D eigenvalue weighted by molar-refractivity contribution is 6.31. The maximum absolute atomic E-state index is 11.4. The van der Waals surface area contributed by atoms with E-state index in [-0.39, 0.29) is 0 Å². The van der Waals surface area contributed by atoms with Crippen molar-refractivity contribution in [3.05, 3.63) is 28.8 Å². The number of hydrogen-bond donors (Lipinski definition) is 2. The smallest absolute Gasteiger partial charge is 0.250 e. The first-order valence-corrected chi connectivity index (χ1v) is 6.48. The van der Waals surface area contributed by atoms with Crippen molar-refractivity contribution in [2.75, 3.05) is 31.6 Å². The zero-order valence-corrected chi connectivity index (χ0v) is 11.2. The molecule has 0 bridgehead atoms. The van der Waals surface area contributed by atoms with Crippen molar-refractivity contribution in [3.8, 4) is 0 Å². The van der Waals surface area contributed by atoms with Crippen molar-refractivity contribution in [2.45, 2.75) is 6.42 Å². The fraction of sp³-hybridized carbons (Fsp3) is 0.462. The summed E-state index contributed by atoms with van der Waals surface area (Å²) in [6.45, 7) is 2.86. The van der Waals surface area contributed by atoms with E-state index in [1.54, 1.807) is 12.1 Å². The van der Waals surface area contributed by atoms with E-state index in [4.69, 9.17) is 17.3 Å². The molecule has 18 heavy (non-hydrogen) atoms. The minimum absolute atomic E-state index is 0.404. The fourth-order valence-electron chi connectivity index (χ4n) is 2.48. The molecule has 2 rings (SSSR count). The van der Waals surface area contributed by atoms with Gasteiger partial charge in [-0.3, -0.25) is 4.79 Å². The summed E-state index contributed by atoms with van der Waals surface area (Å²) in [5.41, 5.74) is 6.81. The van der Waals surface area contributed by atoms with E-state index in [1.807, 2.05) is 13.1 Å². The molecule has 98 valence electrons. The topological polar surface area (TPSA) is 58.4 Å². The van der Waals surface area contributed by atoms with Crippen molar-refractivity contribution in [1.29, 1.82) is 0 Å². The van der Waals surface area contributed by atoms with Crippen molar-refractivity contribution < 1.29 is 4.79 Å². The van der Waals surface area contributed by atoms with Crippen LogP contribution in [0.1, 0.15) is 16.8 Å². The summed E-state index contributed by atoms with van der Waals surface area (Å²) < 4.78 is 0. The van der Waals surface area contributed by atoms with Crippen LogP contribution >= 0.6 is 11.6 Å². The molecule has 1 heterocycles. The van der Waals surface area contributed by atoms with Crippen molar-refractivity contribution in [3.63, 3.8) is 0 Å². The Morgan fingerprint density at radius 3 is 3.06 bits per heavy atom. The van der Waals surface area contributed by atoms with Gasteiger partial charge in [0.1, 0.15) is 0 Å². The van der Waals surface area contributed by atoms with Crippen LogP contribution in [0, 0.1) is 5.92 Å². The Morgan fingerprint density at radius 1 is 1.61 bits per heavy atom. The van der Waals surface area contributed by atoms with Crippen LogP contribution in [0.2, 0.25) is 5.02 Å². The Kier molecular flexibility index (Phi) is 4.09. The fourth-order valence-corrected chi connectivity index (χ4v) is 2.65. The average molecular weight is 268 g/mol. The molecule has 1 fully saturated rings. The van der Waals surface area contributed by atoms with Gasteiger partial charge in [-0.25, -0.2) is 0 Å². The number of primary amides is 1. The lowest BCUT2D eigenvalue weighted by Crippen LogP contribution is -2.26. The molecule has 1 saturated heterocycles. The molecule has 0 radical (unpaired) electrons. The number of carbonyl (C=O) groups excluding carboxylic acids is 1. The standard InChI is InChI=1S/C13H18ClN3O/c1-16-7-9-4-5-17(8-9)12-6-10(14)2-3-11(12)13(15)18/h2-3,6,9,16H,4-5,7-8H2,1H3,(H2,15,18). The zero-order valence-electron chi connectivity index (χ0n) is 10.4. The van der Waals surface area contributed by atoms with Crippen LogP contribution < -0.4 is 16.0 Å². The molecule has 0 aromatic heterocycles. The van der Waals surface area contributed by atoms with E-state index in [0.29, 0.717) is 16.5 Å². The van der Waals surface area contributed by atoms with E-state index in [9.17, 15) is 4.79 Å². The predicted octanol–water partition coefficient (Wildman–Crippen LogP) is 1.48. The number of carbonyl (C=O) groups is 1. The number of benzene rings is 1. The third-order valence-corrected chi connectivity index (χ3v) is 3.58. The molecule has 0 aliphatic carbocycles. The molecule has 5 heteroatoms. The molecular weight excluding hydrogens is 250 g/mol. The highest BCUT2D eigenvalue weighted by Crippen LogP contribution is 2.29. The van der Waals surface area contributed by atoms with Gasteiger partial charge in [-0.05, 0) is 44.1 Å². The van der Waals surface area contributed by atoms with Crippen LogP contribution in [0.5, 0.6) is 0 Å². The third-order valence-electron chi connectivity index (χ3n) is 3.34. The number of nitrogens with two attached hydrogens (primary N) is 1. The maximum atomic E-state index is 11.4. The van der Waals surface area contributed by atoms with Crippen LogP contribution in [-0.4, -0.2) is 32.6 Å². The Balaban J connectivity index is 2.23. The molecule has 1 unspecified atom stereocenters. The third kappa shape index (κ3) is 2.76. The van der Waals surface area contributed by atoms with Gasteiger partial charge in [0.25, 0.3) is 5.91 Å². The van der Waals surface area contributed by atoms with E-state index >= 15 is 0 Å². The molecule has 1 aliphatic rings. The minimum atomic E-state index is -0.404. The van der Waals surface area contributed by atoms with E-state index in [2.05, 4.69) is 10.2 Å². The van der Waals surface area contributed by atoms with Crippen LogP contribution in [0.25, 0.3) is 0 Å². The summed E-state index contributed by atoms with van der Waals surface area (Å²) in [5.74, 6) is 0.202. The number of amides is 1. The lowest BCUT2D eigenvalue weighted by atomic mass is 10.1. The Bertz CT molecular complexity index is 450. The van der Waals surface area contributed by atoms with E-state index in [1.165, 1.54) is 0 Å². The average Bonchev–Trinajstić information content (AvgIpc) is 2.77. The largest absolute Gasteiger partial charge is 0.371 e. The van der Waals surface area contributed by atoms with Gasteiger partial charge in [0.05, 0.1) is 11.3 Å². The number of hydrogen-bond acceptors (Lipinski definition) is 3. The zero-order chi connectivity index (χ0) is 13.1. The quantitative estimate of drug-likeness (QED) is 0.869. The van der Waals surface area contributed by atoms with Gasteiger partial charge < -0.3 is 16.0 Å². The normalized spacial score (nSPS) is 19.2. The molecule has 3 N–H and O–H groups in total. The Labute approximate surface area is 112 Å². The molecule has 4 nitrogen and oxygen atoms in total. The molecule has 1 aliphatic heterocycles. The summed E-state index contributed by atoms with van der Waals surface area (Å²) in [6.07, 6.45) is 1.12. The second kappa shape index (κ2) is 5.59. The van der Waals surface area contributed by atoms with Crippen LogP contribution in [0.15, 0.2) is 18.2 Å². The summed E-state index contributed by atoms with van der Waals surface area (Å²) in [4.78, 5) is 13.6. The highest BCUT2D eigenvalue weighted by atomic mass is 35.5. The number of nitrogens with one attached hydrogen (secondary N) is 1. The highest BCUT2D eigenvalue weighted by Gasteiger charge is 2.24. The monoisotopic (exact) mass is 267 g/mol. The maximum Gasteiger partial charge on any atom is 0.250 e. The van der Waals surface area contributed by atoms with Crippen molar-refractivity contribution in [2.24, 2.45) is 11.7 Å². The summed E-state index contributed by atoms with van der Waals surface area (Å²) in [7, 11) is 1.96. The summed E-state index contributed by atoms with van der Waals surface area (Å²) >= 11 is 6.01. The second-order valence-corrected chi connectivity index (χ2v) is 5.12. The molecule has 1 aromatic carbocycles. The van der Waals surface area contributed by atoms with Gasteiger partial charge in [-0.15, -0.1) is 0 Å². The van der Waals surface area contributed by atoms with Gasteiger partial charge in [0.15, 0.2) is 0 Å².